The van der Waals surface area contributed by atoms with Gasteiger partial charge in [-0.15, -0.1) is 11.3 Å². The highest BCUT2D eigenvalue weighted by molar-refractivity contribution is 7.89. The number of halogens is 1. The number of hydrogen-bond acceptors (Lipinski definition) is 6. The van der Waals surface area contributed by atoms with Crippen LogP contribution < -0.4 is 5.32 Å². The third-order valence-corrected chi connectivity index (χ3v) is 7.37. The van der Waals surface area contributed by atoms with E-state index in [1.54, 1.807) is 36.5 Å². The highest BCUT2D eigenvalue weighted by Crippen LogP contribution is 2.31. The van der Waals surface area contributed by atoms with Gasteiger partial charge in [0.25, 0.3) is 5.91 Å². The highest BCUT2D eigenvalue weighted by atomic mass is 35.5. The number of pyridine rings is 1. The minimum absolute atomic E-state index is 0.202. The molecule has 0 spiro atoms. The van der Waals surface area contributed by atoms with Gasteiger partial charge in [0.2, 0.25) is 10.0 Å². The molecule has 1 N–H and O–H groups in total. The number of benzene rings is 1. The maximum absolute atomic E-state index is 12.9. The average Bonchev–Trinajstić information content (AvgIpc) is 3.10. The second-order valence-corrected chi connectivity index (χ2v) is 9.56. The van der Waals surface area contributed by atoms with Crippen molar-refractivity contribution in [2.75, 3.05) is 11.9 Å². The Morgan fingerprint density at radius 3 is 2.68 bits per heavy atom. The van der Waals surface area contributed by atoms with Crippen LogP contribution >= 0.6 is 22.9 Å². The van der Waals surface area contributed by atoms with Crippen molar-refractivity contribution in [1.82, 2.24) is 14.3 Å². The predicted molar refractivity (Wildman–Crippen MR) is 107 cm³/mol. The van der Waals surface area contributed by atoms with Crippen molar-refractivity contribution in [1.29, 1.82) is 0 Å². The quantitative estimate of drug-likeness (QED) is 0.680. The summed E-state index contributed by atoms with van der Waals surface area (Å²) in [6.07, 6.45) is 2.03. The van der Waals surface area contributed by atoms with Crippen molar-refractivity contribution in [3.8, 4) is 0 Å². The zero-order chi connectivity index (χ0) is 19.7. The predicted octanol–water partition coefficient (Wildman–Crippen LogP) is 3.19. The molecule has 1 aromatic carbocycles. The molecule has 0 atom stereocenters. The maximum atomic E-state index is 12.9. The number of hydrogen-bond donors (Lipinski definition) is 1. The van der Waals surface area contributed by atoms with E-state index in [1.165, 1.54) is 27.8 Å². The fourth-order valence-corrected chi connectivity index (χ4v) is 5.48. The van der Waals surface area contributed by atoms with Crippen molar-refractivity contribution in [3.05, 3.63) is 69.9 Å². The van der Waals surface area contributed by atoms with Gasteiger partial charge in [-0.1, -0.05) is 17.7 Å². The number of thiazole rings is 1. The summed E-state index contributed by atoms with van der Waals surface area (Å²) in [4.78, 5) is 21.7. The Morgan fingerprint density at radius 1 is 1.18 bits per heavy atom. The van der Waals surface area contributed by atoms with E-state index in [-0.39, 0.29) is 17.3 Å². The lowest BCUT2D eigenvalue weighted by molar-refractivity contribution is 0.102. The van der Waals surface area contributed by atoms with Crippen molar-refractivity contribution < 1.29 is 13.2 Å². The molecule has 3 aromatic rings. The van der Waals surface area contributed by atoms with Crippen LogP contribution in [0.4, 0.5) is 5.13 Å². The van der Waals surface area contributed by atoms with E-state index in [4.69, 9.17) is 11.6 Å². The van der Waals surface area contributed by atoms with E-state index < -0.39 is 10.0 Å². The first-order chi connectivity index (χ1) is 13.4. The van der Waals surface area contributed by atoms with Crippen LogP contribution in [0.5, 0.6) is 0 Å². The van der Waals surface area contributed by atoms with Gasteiger partial charge in [0.15, 0.2) is 5.13 Å². The third kappa shape index (κ3) is 3.79. The summed E-state index contributed by atoms with van der Waals surface area (Å²) >= 11 is 7.13. The molecule has 1 aliphatic rings. The van der Waals surface area contributed by atoms with E-state index in [1.807, 2.05) is 0 Å². The Morgan fingerprint density at radius 2 is 1.96 bits per heavy atom. The lowest BCUT2D eigenvalue weighted by Crippen LogP contribution is -2.35. The monoisotopic (exact) mass is 434 g/mol. The largest absolute Gasteiger partial charge is 0.296 e. The van der Waals surface area contributed by atoms with Gasteiger partial charge in [0.1, 0.15) is 5.69 Å². The molecule has 7 nitrogen and oxygen atoms in total. The Hall–Kier alpha value is -2.33. The molecule has 2 aromatic heterocycles. The van der Waals surface area contributed by atoms with Crippen LogP contribution in [0.15, 0.2) is 53.6 Å². The summed E-state index contributed by atoms with van der Waals surface area (Å²) in [5.41, 5.74) is 1.10. The molecule has 10 heteroatoms. The van der Waals surface area contributed by atoms with Gasteiger partial charge in [-0.25, -0.2) is 13.4 Å². The molecule has 0 aliphatic carbocycles. The number of sulfonamides is 1. The zero-order valence-corrected chi connectivity index (χ0v) is 16.9. The molecule has 0 unspecified atom stereocenters. The van der Waals surface area contributed by atoms with Crippen LogP contribution in [0.25, 0.3) is 0 Å². The van der Waals surface area contributed by atoms with Gasteiger partial charge < -0.3 is 0 Å². The summed E-state index contributed by atoms with van der Waals surface area (Å²) in [7, 11) is -3.62. The summed E-state index contributed by atoms with van der Waals surface area (Å²) in [5.74, 6) is -0.350. The van der Waals surface area contributed by atoms with E-state index in [2.05, 4.69) is 15.3 Å². The summed E-state index contributed by atoms with van der Waals surface area (Å²) in [6.45, 7) is 0.548. The van der Waals surface area contributed by atoms with Gasteiger partial charge >= 0.3 is 0 Å². The van der Waals surface area contributed by atoms with Crippen LogP contribution in [-0.4, -0.2) is 35.1 Å². The Labute approximate surface area is 171 Å². The standard InChI is InChI=1S/C18H15ClN4O3S2/c19-12-4-6-13(7-5-12)28(25,26)23-10-8-14-16(11-23)27-18(21-14)22-17(24)15-3-1-2-9-20-15/h1-7,9H,8,10-11H2,(H,21,22,24). The van der Waals surface area contributed by atoms with E-state index >= 15 is 0 Å². The number of carbonyl (C=O) groups excluding carboxylic acids is 1. The van der Waals surface area contributed by atoms with Gasteiger partial charge in [-0.2, -0.15) is 4.31 Å². The molecule has 0 saturated carbocycles. The van der Waals surface area contributed by atoms with Crippen molar-refractivity contribution in [2.45, 2.75) is 17.9 Å². The first-order valence-electron chi connectivity index (χ1n) is 8.40. The van der Waals surface area contributed by atoms with Gasteiger partial charge in [-0.05, 0) is 36.4 Å². The molecule has 3 heterocycles. The number of anilines is 1. The van der Waals surface area contributed by atoms with Crippen molar-refractivity contribution >= 4 is 44.0 Å². The molecule has 0 fully saturated rings. The first-order valence-corrected chi connectivity index (χ1v) is 11.0. The molecule has 0 saturated heterocycles. The fraction of sp³-hybridized carbons (Fsp3) is 0.167. The lowest BCUT2D eigenvalue weighted by atomic mass is 10.2. The molecule has 0 radical (unpaired) electrons. The third-order valence-electron chi connectivity index (χ3n) is 4.27. The molecule has 144 valence electrons. The Balaban J connectivity index is 1.52. The molecule has 28 heavy (non-hydrogen) atoms. The SMILES string of the molecule is O=C(Nc1nc2c(s1)CN(S(=O)(=O)c1ccc(Cl)cc1)CC2)c1ccccn1. The summed E-state index contributed by atoms with van der Waals surface area (Å²) in [6, 6.07) is 11.2. The maximum Gasteiger partial charge on any atom is 0.276 e. The highest BCUT2D eigenvalue weighted by Gasteiger charge is 2.30. The zero-order valence-electron chi connectivity index (χ0n) is 14.5. The number of rotatable bonds is 4. The second-order valence-electron chi connectivity index (χ2n) is 6.10. The van der Waals surface area contributed by atoms with Crippen molar-refractivity contribution in [3.63, 3.8) is 0 Å². The lowest BCUT2D eigenvalue weighted by Gasteiger charge is -2.25. The molecule has 1 amide bonds. The fourth-order valence-electron chi connectivity index (χ4n) is 2.84. The van der Waals surface area contributed by atoms with E-state index in [9.17, 15) is 13.2 Å². The summed E-state index contributed by atoms with van der Waals surface area (Å²) < 4.78 is 27.2. The molecular weight excluding hydrogens is 420 g/mol. The van der Waals surface area contributed by atoms with Crippen LogP contribution in [-0.2, 0) is 23.0 Å². The number of amides is 1. The number of nitrogens with zero attached hydrogens (tertiary/aromatic N) is 3. The summed E-state index contributed by atoms with van der Waals surface area (Å²) in [5, 5.41) is 3.65. The van der Waals surface area contributed by atoms with Gasteiger partial charge in [0.05, 0.1) is 17.1 Å². The number of carbonyl (C=O) groups is 1. The van der Waals surface area contributed by atoms with Gasteiger partial charge in [-0.3, -0.25) is 15.1 Å². The molecule has 4 rings (SSSR count). The van der Waals surface area contributed by atoms with Crippen molar-refractivity contribution in [2.24, 2.45) is 0 Å². The molecule has 0 bridgehead atoms. The van der Waals surface area contributed by atoms with Crippen LogP contribution in [0.1, 0.15) is 21.1 Å². The Bertz CT molecular complexity index is 1120. The van der Waals surface area contributed by atoms with E-state index in [0.29, 0.717) is 28.8 Å². The number of fused-ring (bicyclic) bond motifs is 1. The van der Waals surface area contributed by atoms with Gasteiger partial charge in [0, 0.05) is 29.1 Å². The van der Waals surface area contributed by atoms with Crippen LogP contribution in [0.3, 0.4) is 0 Å². The first kappa shape index (κ1) is 19.0. The number of nitrogens with one attached hydrogen (secondary N) is 1. The Kier molecular flexibility index (Phi) is 5.15. The molecule has 1 aliphatic heterocycles. The minimum atomic E-state index is -3.62. The molecular formula is C18H15ClN4O3S2. The van der Waals surface area contributed by atoms with Crippen LogP contribution in [0, 0.1) is 0 Å². The normalized spacial score (nSPS) is 14.5. The smallest absolute Gasteiger partial charge is 0.276 e. The minimum Gasteiger partial charge on any atom is -0.296 e. The number of aromatic nitrogens is 2. The van der Waals surface area contributed by atoms with E-state index in [0.717, 1.165) is 10.6 Å². The average molecular weight is 435 g/mol. The van der Waals surface area contributed by atoms with Crippen LogP contribution in [0.2, 0.25) is 5.02 Å². The second kappa shape index (κ2) is 7.59. The topological polar surface area (TPSA) is 92.3 Å².